The Bertz CT molecular complexity index is 835. The minimum atomic E-state index is -4.96. The van der Waals surface area contributed by atoms with Gasteiger partial charge >= 0.3 is 12.1 Å². The lowest BCUT2D eigenvalue weighted by atomic mass is 10.2. The lowest BCUT2D eigenvalue weighted by molar-refractivity contribution is -0.167. The summed E-state index contributed by atoms with van der Waals surface area (Å²) >= 11 is 3.37. The highest BCUT2D eigenvalue weighted by atomic mass is 79.9. The van der Waals surface area contributed by atoms with Crippen molar-refractivity contribution in [3.63, 3.8) is 0 Å². The third kappa shape index (κ3) is 6.03. The molecule has 0 saturated carbocycles. The van der Waals surface area contributed by atoms with Crippen LogP contribution in [-0.2, 0) is 16.1 Å². The number of carbonyl (C=O) groups excluding carboxylic acids is 2. The van der Waals surface area contributed by atoms with E-state index in [1.54, 1.807) is 17.5 Å². The van der Waals surface area contributed by atoms with Gasteiger partial charge in [-0.25, -0.2) is 0 Å². The molecular formula is C18H14BrF3N2O2. The van der Waals surface area contributed by atoms with Crippen LogP contribution in [0.3, 0.4) is 0 Å². The quantitative estimate of drug-likeness (QED) is 0.701. The Kier molecular flexibility index (Phi) is 6.57. The largest absolute Gasteiger partial charge is 0.471 e. The molecule has 26 heavy (non-hydrogen) atoms. The van der Waals surface area contributed by atoms with Gasteiger partial charge in [0.1, 0.15) is 0 Å². The third-order valence-corrected chi connectivity index (χ3v) is 3.95. The molecular weight excluding hydrogens is 413 g/mol. The summed E-state index contributed by atoms with van der Waals surface area (Å²) < 4.78 is 37.6. The molecule has 2 aromatic carbocycles. The van der Waals surface area contributed by atoms with Gasteiger partial charge in [0.15, 0.2) is 0 Å². The molecule has 0 heterocycles. The Balaban J connectivity index is 1.93. The maximum Gasteiger partial charge on any atom is 0.471 e. The molecule has 0 aliphatic carbocycles. The molecule has 0 aromatic heterocycles. The van der Waals surface area contributed by atoms with Gasteiger partial charge in [0.05, 0.1) is 0 Å². The molecule has 2 N–H and O–H groups in total. The van der Waals surface area contributed by atoms with Crippen molar-refractivity contribution in [3.8, 4) is 0 Å². The van der Waals surface area contributed by atoms with Crippen molar-refractivity contribution in [2.75, 3.05) is 5.32 Å². The summed E-state index contributed by atoms with van der Waals surface area (Å²) in [6.07, 6.45) is -1.96. The van der Waals surface area contributed by atoms with Crippen LogP contribution >= 0.6 is 15.9 Å². The van der Waals surface area contributed by atoms with E-state index in [0.717, 1.165) is 10.0 Å². The van der Waals surface area contributed by atoms with E-state index in [1.807, 2.05) is 24.3 Å². The first-order valence-electron chi connectivity index (χ1n) is 7.43. The molecule has 8 heteroatoms. The fourth-order valence-electron chi connectivity index (χ4n) is 1.98. The standard InChI is InChI=1S/C18H14BrF3N2O2/c19-15-7-2-1-5-13(15)8-9-16(25)23-11-12-4-3-6-14(10-12)24-17(26)18(20,21)22/h1-10H,11H2,(H,23,25)(H,24,26)/b9-8+. The van der Waals surface area contributed by atoms with Crippen LogP contribution in [0.5, 0.6) is 0 Å². The Morgan fingerprint density at radius 1 is 1.08 bits per heavy atom. The van der Waals surface area contributed by atoms with Gasteiger partial charge in [-0.1, -0.05) is 46.3 Å². The van der Waals surface area contributed by atoms with Gasteiger partial charge in [0, 0.05) is 22.8 Å². The predicted molar refractivity (Wildman–Crippen MR) is 96.1 cm³/mol. The van der Waals surface area contributed by atoms with Crippen LogP contribution < -0.4 is 10.6 Å². The van der Waals surface area contributed by atoms with E-state index in [9.17, 15) is 22.8 Å². The van der Waals surface area contributed by atoms with Gasteiger partial charge in [-0.2, -0.15) is 13.2 Å². The van der Waals surface area contributed by atoms with E-state index in [2.05, 4.69) is 21.2 Å². The Labute approximate surface area is 156 Å². The SMILES string of the molecule is O=C(/C=C/c1ccccc1Br)NCc1cccc(NC(=O)C(F)(F)F)c1. The normalized spacial score (nSPS) is 11.4. The highest BCUT2D eigenvalue weighted by Gasteiger charge is 2.38. The number of rotatable bonds is 5. The highest BCUT2D eigenvalue weighted by molar-refractivity contribution is 9.10. The Morgan fingerprint density at radius 3 is 2.50 bits per heavy atom. The second kappa shape index (κ2) is 8.66. The van der Waals surface area contributed by atoms with Gasteiger partial charge in [-0.3, -0.25) is 9.59 Å². The molecule has 0 aliphatic rings. The van der Waals surface area contributed by atoms with Crippen LogP contribution in [0.1, 0.15) is 11.1 Å². The molecule has 0 aliphatic heterocycles. The van der Waals surface area contributed by atoms with Crippen LogP contribution in [0.4, 0.5) is 18.9 Å². The zero-order valence-corrected chi connectivity index (χ0v) is 14.9. The summed E-state index contributed by atoms with van der Waals surface area (Å²) in [5.41, 5.74) is 1.38. The molecule has 0 bridgehead atoms. The zero-order chi connectivity index (χ0) is 19.2. The van der Waals surface area contributed by atoms with E-state index < -0.39 is 12.1 Å². The Morgan fingerprint density at radius 2 is 1.81 bits per heavy atom. The summed E-state index contributed by atoms with van der Waals surface area (Å²) in [4.78, 5) is 22.8. The number of alkyl halides is 3. The number of hydrogen-bond acceptors (Lipinski definition) is 2. The molecule has 4 nitrogen and oxygen atoms in total. The van der Waals surface area contributed by atoms with Crippen molar-refractivity contribution in [1.29, 1.82) is 0 Å². The average molecular weight is 427 g/mol. The second-order valence-corrected chi connectivity index (χ2v) is 6.08. The molecule has 2 rings (SSSR count). The minimum absolute atomic E-state index is 0.00262. The fraction of sp³-hybridized carbons (Fsp3) is 0.111. The van der Waals surface area contributed by atoms with Gasteiger partial charge < -0.3 is 10.6 Å². The molecule has 0 unspecified atom stereocenters. The smallest absolute Gasteiger partial charge is 0.348 e. The second-order valence-electron chi connectivity index (χ2n) is 5.22. The fourth-order valence-corrected chi connectivity index (χ4v) is 2.40. The Hall–Kier alpha value is -2.61. The van der Waals surface area contributed by atoms with E-state index in [0.29, 0.717) is 5.56 Å². The first kappa shape index (κ1) is 19.7. The summed E-state index contributed by atoms with van der Waals surface area (Å²) in [7, 11) is 0. The van der Waals surface area contributed by atoms with Crippen molar-refractivity contribution >= 4 is 39.5 Å². The van der Waals surface area contributed by atoms with Crippen molar-refractivity contribution in [2.24, 2.45) is 0 Å². The maximum absolute atomic E-state index is 12.3. The molecule has 0 atom stereocenters. The lowest BCUT2D eigenvalue weighted by Gasteiger charge is -2.09. The van der Waals surface area contributed by atoms with Crippen LogP contribution in [-0.4, -0.2) is 18.0 Å². The molecule has 136 valence electrons. The van der Waals surface area contributed by atoms with Gasteiger partial charge in [-0.15, -0.1) is 0 Å². The number of nitrogens with one attached hydrogen (secondary N) is 2. The lowest BCUT2D eigenvalue weighted by Crippen LogP contribution is -2.30. The molecule has 0 radical (unpaired) electrons. The number of halogens is 4. The third-order valence-electron chi connectivity index (χ3n) is 3.23. The van der Waals surface area contributed by atoms with E-state index in [-0.39, 0.29) is 18.1 Å². The van der Waals surface area contributed by atoms with Crippen LogP contribution in [0.15, 0.2) is 59.1 Å². The summed E-state index contributed by atoms with van der Waals surface area (Å²) in [5.74, 6) is -2.40. The van der Waals surface area contributed by atoms with E-state index >= 15 is 0 Å². The summed E-state index contributed by atoms with van der Waals surface area (Å²) in [5, 5.41) is 4.39. The zero-order valence-electron chi connectivity index (χ0n) is 13.3. The molecule has 2 amide bonds. The summed E-state index contributed by atoms with van der Waals surface area (Å²) in [6.45, 7) is 0.106. The van der Waals surface area contributed by atoms with Gasteiger partial charge in [0.25, 0.3) is 0 Å². The molecule has 2 aromatic rings. The summed E-state index contributed by atoms with van der Waals surface area (Å²) in [6, 6.07) is 13.2. The number of amides is 2. The topological polar surface area (TPSA) is 58.2 Å². The minimum Gasteiger partial charge on any atom is -0.348 e. The van der Waals surface area contributed by atoms with Crippen molar-refractivity contribution in [1.82, 2.24) is 5.32 Å². The van der Waals surface area contributed by atoms with Crippen molar-refractivity contribution in [3.05, 3.63) is 70.2 Å². The molecule has 0 spiro atoms. The van der Waals surface area contributed by atoms with E-state index in [4.69, 9.17) is 0 Å². The van der Waals surface area contributed by atoms with Crippen molar-refractivity contribution in [2.45, 2.75) is 12.7 Å². The number of carbonyl (C=O) groups is 2. The van der Waals surface area contributed by atoms with E-state index in [1.165, 1.54) is 24.3 Å². The van der Waals surface area contributed by atoms with Crippen LogP contribution in [0, 0.1) is 0 Å². The number of hydrogen-bond donors (Lipinski definition) is 2. The highest BCUT2D eigenvalue weighted by Crippen LogP contribution is 2.19. The average Bonchev–Trinajstić information content (AvgIpc) is 2.59. The van der Waals surface area contributed by atoms with Gasteiger partial charge in [0.2, 0.25) is 5.91 Å². The van der Waals surface area contributed by atoms with Crippen LogP contribution in [0.2, 0.25) is 0 Å². The predicted octanol–water partition coefficient (Wildman–Crippen LogP) is 4.28. The van der Waals surface area contributed by atoms with Crippen LogP contribution in [0.25, 0.3) is 6.08 Å². The van der Waals surface area contributed by atoms with Gasteiger partial charge in [-0.05, 0) is 35.4 Å². The first-order valence-corrected chi connectivity index (χ1v) is 8.22. The maximum atomic E-state index is 12.3. The number of benzene rings is 2. The van der Waals surface area contributed by atoms with Crippen molar-refractivity contribution < 1.29 is 22.8 Å². The number of anilines is 1. The molecule has 0 saturated heterocycles. The monoisotopic (exact) mass is 426 g/mol. The molecule has 0 fully saturated rings. The first-order chi connectivity index (χ1) is 12.3.